The van der Waals surface area contributed by atoms with Gasteiger partial charge in [0.15, 0.2) is 22.5 Å². The van der Waals surface area contributed by atoms with Gasteiger partial charge in [0.25, 0.3) is 5.91 Å². The Morgan fingerprint density at radius 2 is 1.64 bits per heavy atom. The third kappa shape index (κ3) is 7.62. The lowest BCUT2D eigenvalue weighted by Crippen LogP contribution is -2.29. The fourth-order valence-corrected chi connectivity index (χ4v) is 6.51. The van der Waals surface area contributed by atoms with Crippen molar-refractivity contribution in [2.24, 2.45) is 5.10 Å². The minimum absolute atomic E-state index is 0.0398. The first-order valence-corrected chi connectivity index (χ1v) is 16.8. The third-order valence-electron chi connectivity index (χ3n) is 8.14. The van der Waals surface area contributed by atoms with Gasteiger partial charge in [0.2, 0.25) is 5.91 Å². The molecular weight excluding hydrogens is 660 g/mol. The second-order valence-electron chi connectivity index (χ2n) is 11.3. The summed E-state index contributed by atoms with van der Waals surface area (Å²) in [6.45, 7) is 0.0733. The first kappa shape index (κ1) is 34.2. The maximum atomic E-state index is 14.1. The number of rotatable bonds is 13. The van der Waals surface area contributed by atoms with Crippen LogP contribution in [0.4, 0.5) is 4.39 Å². The standard InChI is InChI=1S/C37H35FN6O5S/c1-47-28-18-12-25(13-19-28)30-21-31(29-10-7-11-32(48-2)36(29)49-3)44(42-30)35(46)23-50-37-41-40-33(43(37)27-16-14-26(38)15-17-27)22-39-34(45)20-24-8-5-4-6-9-24/h4-19,31H,20-23H2,1-3H3,(H,39,45)/t31-/m0/s1. The monoisotopic (exact) mass is 694 g/mol. The van der Waals surface area contributed by atoms with Crippen LogP contribution in [0.5, 0.6) is 17.2 Å². The molecule has 1 aliphatic heterocycles. The Bertz CT molecular complexity index is 1990. The number of hydrogen-bond donors (Lipinski definition) is 1. The number of amides is 2. The number of ether oxygens (including phenoxy) is 3. The Morgan fingerprint density at radius 1 is 0.880 bits per heavy atom. The number of hydrogen-bond acceptors (Lipinski definition) is 9. The Balaban J connectivity index is 1.26. The van der Waals surface area contributed by atoms with Gasteiger partial charge < -0.3 is 19.5 Å². The third-order valence-corrected chi connectivity index (χ3v) is 9.06. The largest absolute Gasteiger partial charge is 0.497 e. The van der Waals surface area contributed by atoms with E-state index >= 15 is 0 Å². The van der Waals surface area contributed by atoms with E-state index in [2.05, 4.69) is 15.5 Å². The number of methoxy groups -OCH3 is 3. The molecule has 0 fully saturated rings. The molecule has 13 heteroatoms. The van der Waals surface area contributed by atoms with Crippen LogP contribution in [0.2, 0.25) is 0 Å². The quantitative estimate of drug-likeness (QED) is 0.155. The highest BCUT2D eigenvalue weighted by Gasteiger charge is 2.36. The lowest BCUT2D eigenvalue weighted by molar-refractivity contribution is -0.130. The summed E-state index contributed by atoms with van der Waals surface area (Å²) in [5, 5.41) is 18.3. The molecule has 2 heterocycles. The number of hydrazone groups is 1. The lowest BCUT2D eigenvalue weighted by atomic mass is 9.97. The SMILES string of the molecule is COc1ccc(C2=NN(C(=O)CSc3nnc(CNC(=O)Cc4ccccc4)n3-c3ccc(F)cc3)[C@H](c3cccc(OC)c3OC)C2)cc1. The number of benzene rings is 4. The van der Waals surface area contributed by atoms with Crippen molar-refractivity contribution >= 4 is 29.3 Å². The van der Waals surface area contributed by atoms with Crippen molar-refractivity contribution in [3.8, 4) is 22.9 Å². The molecule has 4 aromatic carbocycles. The van der Waals surface area contributed by atoms with Gasteiger partial charge in [0.1, 0.15) is 11.6 Å². The van der Waals surface area contributed by atoms with Gasteiger partial charge in [0, 0.05) is 17.7 Å². The summed E-state index contributed by atoms with van der Waals surface area (Å²) in [5.41, 5.74) is 3.79. The van der Waals surface area contributed by atoms with Crippen LogP contribution in [0.25, 0.3) is 5.69 Å². The van der Waals surface area contributed by atoms with Gasteiger partial charge in [0.05, 0.1) is 51.8 Å². The summed E-state index contributed by atoms with van der Waals surface area (Å²) < 4.78 is 32.2. The number of nitrogens with one attached hydrogen (secondary N) is 1. The van der Waals surface area contributed by atoms with Crippen molar-refractivity contribution in [1.29, 1.82) is 0 Å². The normalized spacial score (nSPS) is 13.9. The van der Waals surface area contributed by atoms with E-state index in [-0.39, 0.29) is 30.5 Å². The average Bonchev–Trinajstić information content (AvgIpc) is 3.78. The van der Waals surface area contributed by atoms with Crippen molar-refractivity contribution in [3.63, 3.8) is 0 Å². The molecule has 256 valence electrons. The zero-order valence-corrected chi connectivity index (χ0v) is 28.5. The Kier molecular flexibility index (Phi) is 10.7. The minimum atomic E-state index is -0.476. The van der Waals surface area contributed by atoms with E-state index in [1.165, 1.54) is 28.9 Å². The highest BCUT2D eigenvalue weighted by Crippen LogP contribution is 2.42. The van der Waals surface area contributed by atoms with Gasteiger partial charge in [-0.15, -0.1) is 10.2 Å². The zero-order chi connectivity index (χ0) is 35.0. The van der Waals surface area contributed by atoms with Crippen LogP contribution in [-0.4, -0.2) is 64.4 Å². The fraction of sp³-hybridized carbons (Fsp3) is 0.216. The second-order valence-corrected chi connectivity index (χ2v) is 12.2. The highest BCUT2D eigenvalue weighted by atomic mass is 32.2. The van der Waals surface area contributed by atoms with E-state index in [1.807, 2.05) is 66.7 Å². The van der Waals surface area contributed by atoms with Gasteiger partial charge in [-0.25, -0.2) is 9.40 Å². The fourth-order valence-electron chi connectivity index (χ4n) is 5.69. The number of para-hydroxylation sites is 1. The van der Waals surface area contributed by atoms with Crippen LogP contribution < -0.4 is 19.5 Å². The van der Waals surface area contributed by atoms with Crippen LogP contribution in [0.15, 0.2) is 107 Å². The molecule has 5 aromatic rings. The number of carbonyl (C=O) groups excluding carboxylic acids is 2. The van der Waals surface area contributed by atoms with Crippen LogP contribution in [-0.2, 0) is 22.6 Å². The molecule has 0 aliphatic carbocycles. The molecule has 1 aliphatic rings. The van der Waals surface area contributed by atoms with Crippen molar-refractivity contribution in [3.05, 3.63) is 125 Å². The molecule has 0 radical (unpaired) electrons. The molecule has 0 bridgehead atoms. The molecule has 1 atom stereocenters. The maximum Gasteiger partial charge on any atom is 0.253 e. The van der Waals surface area contributed by atoms with Gasteiger partial charge in [-0.1, -0.05) is 54.2 Å². The molecule has 11 nitrogen and oxygen atoms in total. The first-order chi connectivity index (χ1) is 24.4. The summed E-state index contributed by atoms with van der Waals surface area (Å²) in [7, 11) is 4.73. The number of halogens is 1. The number of carbonyl (C=O) groups is 2. The van der Waals surface area contributed by atoms with Crippen molar-refractivity contribution < 1.29 is 28.2 Å². The van der Waals surface area contributed by atoms with E-state index in [4.69, 9.17) is 19.3 Å². The van der Waals surface area contributed by atoms with Crippen LogP contribution in [0.3, 0.4) is 0 Å². The molecule has 2 amide bonds. The lowest BCUT2D eigenvalue weighted by Gasteiger charge is -2.24. The molecule has 0 spiro atoms. The van der Waals surface area contributed by atoms with E-state index < -0.39 is 11.9 Å². The maximum absolute atomic E-state index is 14.1. The van der Waals surface area contributed by atoms with E-state index in [0.29, 0.717) is 40.3 Å². The zero-order valence-electron chi connectivity index (χ0n) is 27.7. The number of nitrogens with zero attached hydrogens (tertiary/aromatic N) is 5. The topological polar surface area (TPSA) is 120 Å². The van der Waals surface area contributed by atoms with Crippen LogP contribution >= 0.6 is 11.8 Å². The summed E-state index contributed by atoms with van der Waals surface area (Å²) in [5.74, 6) is 1.29. The van der Waals surface area contributed by atoms with Crippen molar-refractivity contribution in [1.82, 2.24) is 25.1 Å². The summed E-state index contributed by atoms with van der Waals surface area (Å²) in [6.07, 6.45) is 0.639. The predicted octanol–water partition coefficient (Wildman–Crippen LogP) is 5.76. The van der Waals surface area contributed by atoms with Crippen LogP contribution in [0, 0.1) is 5.82 Å². The molecule has 0 saturated heterocycles. The predicted molar refractivity (Wildman–Crippen MR) is 187 cm³/mol. The molecule has 0 unspecified atom stereocenters. The van der Waals surface area contributed by atoms with Gasteiger partial charge in [-0.2, -0.15) is 5.10 Å². The number of thioether (sulfide) groups is 1. The molecule has 1 aromatic heterocycles. The summed E-state index contributed by atoms with van der Waals surface area (Å²) >= 11 is 1.17. The molecule has 50 heavy (non-hydrogen) atoms. The Hall–Kier alpha value is -5.69. The summed E-state index contributed by atoms with van der Waals surface area (Å²) in [6, 6.07) is 27.8. The molecule has 0 saturated carbocycles. The van der Waals surface area contributed by atoms with E-state index in [9.17, 15) is 14.0 Å². The molecule has 1 N–H and O–H groups in total. The van der Waals surface area contributed by atoms with Gasteiger partial charge in [-0.3, -0.25) is 14.2 Å². The van der Waals surface area contributed by atoms with Crippen LogP contribution in [0.1, 0.15) is 35.0 Å². The first-order valence-electron chi connectivity index (χ1n) is 15.8. The highest BCUT2D eigenvalue weighted by molar-refractivity contribution is 7.99. The Labute approximate surface area is 293 Å². The Morgan fingerprint density at radius 3 is 2.34 bits per heavy atom. The van der Waals surface area contributed by atoms with Gasteiger partial charge >= 0.3 is 0 Å². The van der Waals surface area contributed by atoms with E-state index in [1.54, 1.807) is 44.1 Å². The average molecular weight is 695 g/mol. The summed E-state index contributed by atoms with van der Waals surface area (Å²) in [4.78, 5) is 26.8. The van der Waals surface area contributed by atoms with Gasteiger partial charge in [-0.05, 0) is 65.7 Å². The molecule has 6 rings (SSSR count). The second kappa shape index (κ2) is 15.7. The van der Waals surface area contributed by atoms with E-state index in [0.717, 1.165) is 22.4 Å². The smallest absolute Gasteiger partial charge is 0.253 e. The van der Waals surface area contributed by atoms with Crippen molar-refractivity contribution in [2.45, 2.75) is 30.6 Å². The minimum Gasteiger partial charge on any atom is -0.497 e. The molecular formula is C37H35FN6O5S. The number of aromatic nitrogens is 3. The van der Waals surface area contributed by atoms with Crippen molar-refractivity contribution in [2.75, 3.05) is 27.1 Å².